The Morgan fingerprint density at radius 3 is 2.37 bits per heavy atom. The maximum absolute atomic E-state index is 14.1. The van der Waals surface area contributed by atoms with Crippen LogP contribution in [0.15, 0.2) is 47.6 Å². The molecule has 35 heavy (non-hydrogen) atoms. The molecule has 2 heterocycles. The fraction of sp³-hybridized carbons (Fsp3) is 0.174. The van der Waals surface area contributed by atoms with Crippen molar-refractivity contribution < 1.29 is 22.7 Å². The Morgan fingerprint density at radius 2 is 1.71 bits per heavy atom. The van der Waals surface area contributed by atoms with Crippen LogP contribution >= 0.6 is 11.8 Å². The van der Waals surface area contributed by atoms with Crippen LogP contribution < -0.4 is 10.1 Å². The predicted octanol–water partition coefficient (Wildman–Crippen LogP) is 4.64. The first-order chi connectivity index (χ1) is 16.8. The lowest BCUT2D eigenvalue weighted by Gasteiger charge is -2.10. The van der Waals surface area contributed by atoms with E-state index in [1.165, 1.54) is 23.6 Å². The van der Waals surface area contributed by atoms with E-state index >= 15 is 0 Å². The second kappa shape index (κ2) is 10.1. The summed E-state index contributed by atoms with van der Waals surface area (Å²) in [6, 6.07) is 10.4. The second-order valence-electron chi connectivity index (χ2n) is 7.39. The summed E-state index contributed by atoms with van der Waals surface area (Å²) in [6.45, 7) is 3.69. The lowest BCUT2D eigenvalue weighted by molar-refractivity contribution is 0.102. The van der Waals surface area contributed by atoms with Crippen molar-refractivity contribution in [1.82, 2.24) is 25.0 Å². The van der Waals surface area contributed by atoms with Gasteiger partial charge in [-0.2, -0.15) is 0 Å². The quantitative estimate of drug-likeness (QED) is 0.224. The molecule has 1 amide bonds. The minimum absolute atomic E-state index is 0.123. The number of thioether (sulfide) groups is 1. The van der Waals surface area contributed by atoms with E-state index in [9.17, 15) is 18.0 Å². The number of ether oxygens (including phenoxy) is 1. The van der Waals surface area contributed by atoms with Crippen LogP contribution in [0.2, 0.25) is 0 Å². The Kier molecular flexibility index (Phi) is 7.01. The van der Waals surface area contributed by atoms with E-state index in [1.54, 1.807) is 24.3 Å². The minimum Gasteiger partial charge on any atom is -0.497 e. The summed E-state index contributed by atoms with van der Waals surface area (Å²) < 4.78 is 47.6. The third-order valence-corrected chi connectivity index (χ3v) is 5.74. The highest BCUT2D eigenvalue weighted by Crippen LogP contribution is 2.26. The van der Waals surface area contributed by atoms with Gasteiger partial charge >= 0.3 is 0 Å². The van der Waals surface area contributed by atoms with Crippen molar-refractivity contribution >= 4 is 23.4 Å². The molecule has 4 aromatic rings. The predicted molar refractivity (Wildman–Crippen MR) is 123 cm³/mol. The van der Waals surface area contributed by atoms with Crippen molar-refractivity contribution in [3.63, 3.8) is 0 Å². The topological polar surface area (TPSA) is 94.8 Å². The summed E-state index contributed by atoms with van der Waals surface area (Å²) in [4.78, 5) is 21.8. The van der Waals surface area contributed by atoms with Gasteiger partial charge in [0.15, 0.2) is 28.3 Å². The number of carbonyl (C=O) groups is 1. The number of rotatable bonds is 7. The summed E-state index contributed by atoms with van der Waals surface area (Å²) in [6.07, 6.45) is 0. The summed E-state index contributed by atoms with van der Waals surface area (Å²) in [5, 5.41) is 10.8. The molecule has 0 spiro atoms. The van der Waals surface area contributed by atoms with Crippen molar-refractivity contribution in [2.45, 2.75) is 24.8 Å². The van der Waals surface area contributed by atoms with Gasteiger partial charge in [0.05, 0.1) is 24.2 Å². The summed E-state index contributed by atoms with van der Waals surface area (Å²) in [7, 11) is 1.54. The van der Waals surface area contributed by atoms with Gasteiger partial charge < -0.3 is 10.1 Å². The number of nitrogens with one attached hydrogen (secondary N) is 1. The third kappa shape index (κ3) is 5.27. The summed E-state index contributed by atoms with van der Waals surface area (Å²) in [5.74, 6) is -4.60. The highest BCUT2D eigenvalue weighted by Gasteiger charge is 2.24. The van der Waals surface area contributed by atoms with Crippen LogP contribution in [0, 0.1) is 31.3 Å². The number of methoxy groups -OCH3 is 1. The Bertz CT molecular complexity index is 1370. The fourth-order valence-electron chi connectivity index (χ4n) is 3.23. The van der Waals surface area contributed by atoms with Gasteiger partial charge in [-0.15, -0.1) is 5.10 Å². The van der Waals surface area contributed by atoms with E-state index in [2.05, 4.69) is 25.6 Å². The van der Waals surface area contributed by atoms with Gasteiger partial charge in [0, 0.05) is 17.1 Å². The number of hydrogen-bond acceptors (Lipinski definition) is 7. The normalized spacial score (nSPS) is 10.9. The van der Waals surface area contributed by atoms with E-state index in [0.29, 0.717) is 22.3 Å². The van der Waals surface area contributed by atoms with Gasteiger partial charge in [-0.25, -0.2) is 27.8 Å². The average molecular weight is 501 g/mol. The maximum atomic E-state index is 14.1. The number of halogens is 3. The molecule has 1 N–H and O–H groups in total. The number of hydrogen-bond donors (Lipinski definition) is 1. The standard InChI is InChI=1S/C23H19F3N6O2S/c1-12-10-13(2)28-23(27-12)35-11-18-21(22(33)29-17-9-8-16(24)19(25)20(17)26)30-31-32(18)14-4-6-15(34-3)7-5-14/h4-10H,11H2,1-3H3,(H,29,33). The molecule has 0 aliphatic rings. The first-order valence-electron chi connectivity index (χ1n) is 10.3. The molecular weight excluding hydrogens is 481 g/mol. The van der Waals surface area contributed by atoms with E-state index in [0.717, 1.165) is 23.5 Å². The summed E-state index contributed by atoms with van der Waals surface area (Å²) in [5.41, 5.74) is 1.88. The Morgan fingerprint density at radius 1 is 1.03 bits per heavy atom. The summed E-state index contributed by atoms with van der Waals surface area (Å²) >= 11 is 1.26. The average Bonchev–Trinajstić information content (AvgIpc) is 3.26. The van der Waals surface area contributed by atoms with Crippen molar-refractivity contribution in [3.05, 3.63) is 82.7 Å². The fourth-order valence-corrected chi connectivity index (χ4v) is 4.18. The molecule has 180 valence electrons. The number of benzene rings is 2. The van der Waals surface area contributed by atoms with Crippen LogP contribution in [0.4, 0.5) is 18.9 Å². The van der Waals surface area contributed by atoms with Gasteiger partial charge in [0.25, 0.3) is 5.91 Å². The highest BCUT2D eigenvalue weighted by molar-refractivity contribution is 7.98. The third-order valence-electron chi connectivity index (χ3n) is 4.88. The van der Waals surface area contributed by atoms with Crippen LogP contribution in [0.25, 0.3) is 5.69 Å². The van der Waals surface area contributed by atoms with Gasteiger partial charge in [-0.05, 0) is 56.3 Å². The zero-order valence-electron chi connectivity index (χ0n) is 18.8. The number of anilines is 1. The number of carbonyl (C=O) groups excluding carboxylic acids is 1. The Hall–Kier alpha value is -3.93. The van der Waals surface area contributed by atoms with Crippen molar-refractivity contribution in [1.29, 1.82) is 0 Å². The number of aromatic nitrogens is 5. The molecule has 2 aromatic heterocycles. The second-order valence-corrected chi connectivity index (χ2v) is 8.34. The molecule has 0 bridgehead atoms. The van der Waals surface area contributed by atoms with Crippen molar-refractivity contribution in [3.8, 4) is 11.4 Å². The van der Waals surface area contributed by atoms with Gasteiger partial charge in [0.2, 0.25) is 0 Å². The molecule has 2 aromatic carbocycles. The van der Waals surface area contributed by atoms with Crippen LogP contribution in [-0.4, -0.2) is 38.0 Å². The van der Waals surface area contributed by atoms with Gasteiger partial charge in [-0.3, -0.25) is 4.79 Å². The molecule has 0 radical (unpaired) electrons. The smallest absolute Gasteiger partial charge is 0.278 e. The zero-order chi connectivity index (χ0) is 25.1. The monoisotopic (exact) mass is 500 g/mol. The number of nitrogens with zero attached hydrogens (tertiary/aromatic N) is 5. The van der Waals surface area contributed by atoms with Crippen LogP contribution in [-0.2, 0) is 5.75 Å². The number of amides is 1. The van der Waals surface area contributed by atoms with Crippen molar-refractivity contribution in [2.24, 2.45) is 0 Å². The van der Waals surface area contributed by atoms with Gasteiger partial charge in [0.1, 0.15) is 5.75 Å². The van der Waals surface area contributed by atoms with E-state index < -0.39 is 29.0 Å². The molecule has 0 saturated heterocycles. The highest BCUT2D eigenvalue weighted by atomic mass is 32.2. The molecule has 12 heteroatoms. The molecule has 0 saturated carbocycles. The number of aryl methyl sites for hydroxylation is 2. The van der Waals surface area contributed by atoms with E-state index in [4.69, 9.17) is 4.74 Å². The molecule has 0 aliphatic heterocycles. The van der Waals surface area contributed by atoms with Crippen LogP contribution in [0.3, 0.4) is 0 Å². The lowest BCUT2D eigenvalue weighted by atomic mass is 10.2. The maximum Gasteiger partial charge on any atom is 0.278 e. The van der Waals surface area contributed by atoms with Gasteiger partial charge in [-0.1, -0.05) is 17.0 Å². The van der Waals surface area contributed by atoms with Crippen molar-refractivity contribution in [2.75, 3.05) is 12.4 Å². The molecule has 0 fully saturated rings. The molecule has 8 nitrogen and oxygen atoms in total. The minimum atomic E-state index is -1.69. The largest absolute Gasteiger partial charge is 0.497 e. The molecule has 4 rings (SSSR count). The Balaban J connectivity index is 1.69. The lowest BCUT2D eigenvalue weighted by Crippen LogP contribution is -2.17. The van der Waals surface area contributed by atoms with E-state index in [1.807, 2.05) is 19.9 Å². The molecule has 0 aliphatic carbocycles. The molecular formula is C23H19F3N6O2S. The van der Waals surface area contributed by atoms with Crippen LogP contribution in [0.5, 0.6) is 5.75 Å². The Labute approximate surface area is 202 Å². The van der Waals surface area contributed by atoms with Crippen LogP contribution in [0.1, 0.15) is 27.6 Å². The zero-order valence-corrected chi connectivity index (χ0v) is 19.7. The van der Waals surface area contributed by atoms with E-state index in [-0.39, 0.29) is 11.4 Å². The SMILES string of the molecule is COc1ccc(-n2nnc(C(=O)Nc3ccc(F)c(F)c3F)c2CSc2nc(C)cc(C)n2)cc1. The first-order valence-corrected chi connectivity index (χ1v) is 11.2. The molecule has 0 unspecified atom stereocenters. The first kappa shape index (κ1) is 24.2. The molecule has 0 atom stereocenters.